The summed E-state index contributed by atoms with van der Waals surface area (Å²) in [7, 11) is 1.73. The van der Waals surface area contributed by atoms with E-state index in [4.69, 9.17) is 4.74 Å². The SMILES string of the molecule is COC(C)(C)CCN1CCC(C(=O)O)c2ccccc21. The van der Waals surface area contributed by atoms with Crippen LogP contribution in [0.5, 0.6) is 0 Å². The molecule has 1 aliphatic rings. The predicted molar refractivity (Wildman–Crippen MR) is 79.4 cm³/mol. The van der Waals surface area contributed by atoms with Gasteiger partial charge in [-0.05, 0) is 38.3 Å². The van der Waals surface area contributed by atoms with Crippen LogP contribution in [0.2, 0.25) is 0 Å². The first-order valence-electron chi connectivity index (χ1n) is 7.06. The Kier molecular flexibility index (Phi) is 4.33. The summed E-state index contributed by atoms with van der Waals surface area (Å²) in [6.45, 7) is 5.81. The van der Waals surface area contributed by atoms with E-state index in [2.05, 4.69) is 18.7 Å². The zero-order valence-electron chi connectivity index (χ0n) is 12.4. The number of nitrogens with zero attached hydrogens (tertiary/aromatic N) is 1. The highest BCUT2D eigenvalue weighted by Crippen LogP contribution is 2.35. The van der Waals surface area contributed by atoms with Crippen molar-refractivity contribution >= 4 is 11.7 Å². The summed E-state index contributed by atoms with van der Waals surface area (Å²) in [5.74, 6) is -1.10. The van der Waals surface area contributed by atoms with Crippen molar-refractivity contribution in [2.75, 3.05) is 25.1 Å². The fourth-order valence-electron chi connectivity index (χ4n) is 2.63. The molecule has 20 heavy (non-hydrogen) atoms. The number of hydrogen-bond acceptors (Lipinski definition) is 3. The van der Waals surface area contributed by atoms with Crippen LogP contribution in [0.4, 0.5) is 5.69 Å². The molecule has 1 unspecified atom stereocenters. The number of methoxy groups -OCH3 is 1. The molecule has 0 aromatic heterocycles. The van der Waals surface area contributed by atoms with Crippen molar-refractivity contribution < 1.29 is 14.6 Å². The second-order valence-electron chi connectivity index (χ2n) is 5.94. The number of hydrogen-bond donors (Lipinski definition) is 1. The maximum absolute atomic E-state index is 11.3. The summed E-state index contributed by atoms with van der Waals surface area (Å²) in [6, 6.07) is 7.83. The molecule has 2 rings (SSSR count). The molecule has 0 saturated carbocycles. The van der Waals surface area contributed by atoms with Crippen LogP contribution in [0.25, 0.3) is 0 Å². The summed E-state index contributed by atoms with van der Waals surface area (Å²) >= 11 is 0. The average molecular weight is 277 g/mol. The number of carboxylic acids is 1. The summed E-state index contributed by atoms with van der Waals surface area (Å²) in [5, 5.41) is 9.33. The maximum atomic E-state index is 11.3. The van der Waals surface area contributed by atoms with E-state index < -0.39 is 5.97 Å². The molecule has 0 fully saturated rings. The monoisotopic (exact) mass is 277 g/mol. The van der Waals surface area contributed by atoms with Crippen LogP contribution >= 0.6 is 0 Å². The van der Waals surface area contributed by atoms with Gasteiger partial charge in [-0.2, -0.15) is 0 Å². The van der Waals surface area contributed by atoms with Crippen molar-refractivity contribution in [3.63, 3.8) is 0 Å². The number of benzene rings is 1. The minimum atomic E-state index is -0.727. The number of anilines is 1. The van der Waals surface area contributed by atoms with Crippen LogP contribution in [-0.4, -0.2) is 36.9 Å². The molecule has 0 radical (unpaired) electrons. The van der Waals surface area contributed by atoms with E-state index in [1.807, 2.05) is 24.3 Å². The molecule has 1 aromatic rings. The van der Waals surface area contributed by atoms with Gasteiger partial charge in [-0.25, -0.2) is 0 Å². The Morgan fingerprint density at radius 1 is 1.45 bits per heavy atom. The van der Waals surface area contributed by atoms with Crippen LogP contribution in [0.1, 0.15) is 38.2 Å². The largest absolute Gasteiger partial charge is 0.481 e. The highest BCUT2D eigenvalue weighted by Gasteiger charge is 2.30. The Morgan fingerprint density at radius 2 is 2.15 bits per heavy atom. The summed E-state index contributed by atoms with van der Waals surface area (Å²) < 4.78 is 5.46. The molecule has 1 N–H and O–H groups in total. The molecule has 1 aliphatic heterocycles. The van der Waals surface area contributed by atoms with E-state index in [-0.39, 0.29) is 11.5 Å². The Bertz CT molecular complexity index is 484. The molecule has 1 heterocycles. The van der Waals surface area contributed by atoms with Crippen molar-refractivity contribution in [1.82, 2.24) is 0 Å². The van der Waals surface area contributed by atoms with Gasteiger partial charge in [-0.15, -0.1) is 0 Å². The van der Waals surface area contributed by atoms with E-state index in [0.717, 1.165) is 30.8 Å². The topological polar surface area (TPSA) is 49.8 Å². The third-order valence-corrected chi connectivity index (χ3v) is 4.18. The summed E-state index contributed by atoms with van der Waals surface area (Å²) in [6.07, 6.45) is 1.58. The number of rotatable bonds is 5. The summed E-state index contributed by atoms with van der Waals surface area (Å²) in [5.41, 5.74) is 1.83. The lowest BCUT2D eigenvalue weighted by atomic mass is 9.89. The Labute approximate surface area is 120 Å². The number of ether oxygens (including phenoxy) is 1. The highest BCUT2D eigenvalue weighted by atomic mass is 16.5. The van der Waals surface area contributed by atoms with Crippen molar-refractivity contribution in [3.8, 4) is 0 Å². The molecule has 0 aliphatic carbocycles. The second-order valence-corrected chi connectivity index (χ2v) is 5.94. The normalized spacial score (nSPS) is 18.8. The number of carbonyl (C=O) groups is 1. The highest BCUT2D eigenvalue weighted by molar-refractivity contribution is 5.80. The van der Waals surface area contributed by atoms with Gasteiger partial charge in [0.2, 0.25) is 0 Å². The van der Waals surface area contributed by atoms with Gasteiger partial charge in [0.25, 0.3) is 0 Å². The van der Waals surface area contributed by atoms with Gasteiger partial charge in [0, 0.05) is 25.9 Å². The lowest BCUT2D eigenvalue weighted by Crippen LogP contribution is -2.37. The van der Waals surface area contributed by atoms with E-state index in [0.29, 0.717) is 6.42 Å². The van der Waals surface area contributed by atoms with E-state index >= 15 is 0 Å². The quantitative estimate of drug-likeness (QED) is 0.899. The van der Waals surface area contributed by atoms with Gasteiger partial charge in [-0.3, -0.25) is 4.79 Å². The third kappa shape index (κ3) is 3.12. The molecule has 0 spiro atoms. The first-order chi connectivity index (χ1) is 9.44. The molecule has 0 amide bonds. The molecule has 1 atom stereocenters. The first kappa shape index (κ1) is 14.9. The van der Waals surface area contributed by atoms with Crippen LogP contribution in [0, 0.1) is 0 Å². The van der Waals surface area contributed by atoms with Crippen LogP contribution < -0.4 is 4.90 Å². The van der Waals surface area contributed by atoms with Gasteiger partial charge in [0.15, 0.2) is 0 Å². The third-order valence-electron chi connectivity index (χ3n) is 4.18. The van der Waals surface area contributed by atoms with Crippen molar-refractivity contribution in [3.05, 3.63) is 29.8 Å². The Morgan fingerprint density at radius 3 is 2.80 bits per heavy atom. The van der Waals surface area contributed by atoms with E-state index in [1.54, 1.807) is 7.11 Å². The molecule has 110 valence electrons. The van der Waals surface area contributed by atoms with Crippen LogP contribution in [0.15, 0.2) is 24.3 Å². The molecule has 4 heteroatoms. The van der Waals surface area contributed by atoms with Gasteiger partial charge < -0.3 is 14.7 Å². The standard InChI is InChI=1S/C16H23NO3/c1-16(2,20-3)9-11-17-10-8-13(15(18)19)12-6-4-5-7-14(12)17/h4-7,13H,8-11H2,1-3H3,(H,18,19). The number of para-hydroxylation sites is 1. The average Bonchev–Trinajstić information content (AvgIpc) is 2.44. The lowest BCUT2D eigenvalue weighted by Gasteiger charge is -2.36. The molecule has 0 bridgehead atoms. The Balaban J connectivity index is 2.17. The number of aliphatic carboxylic acids is 1. The van der Waals surface area contributed by atoms with Gasteiger partial charge in [-0.1, -0.05) is 18.2 Å². The van der Waals surface area contributed by atoms with Crippen molar-refractivity contribution in [1.29, 1.82) is 0 Å². The lowest BCUT2D eigenvalue weighted by molar-refractivity contribution is -0.139. The van der Waals surface area contributed by atoms with Crippen LogP contribution in [-0.2, 0) is 9.53 Å². The van der Waals surface area contributed by atoms with Crippen LogP contribution in [0.3, 0.4) is 0 Å². The smallest absolute Gasteiger partial charge is 0.311 e. The molecular formula is C16H23NO3. The maximum Gasteiger partial charge on any atom is 0.311 e. The fourth-order valence-corrected chi connectivity index (χ4v) is 2.63. The van der Waals surface area contributed by atoms with Crippen molar-refractivity contribution in [2.45, 2.75) is 38.2 Å². The van der Waals surface area contributed by atoms with Crippen molar-refractivity contribution in [2.24, 2.45) is 0 Å². The predicted octanol–water partition coefficient (Wildman–Crippen LogP) is 2.88. The minimum absolute atomic E-state index is 0.154. The Hall–Kier alpha value is -1.55. The summed E-state index contributed by atoms with van der Waals surface area (Å²) in [4.78, 5) is 13.6. The molecule has 0 saturated heterocycles. The van der Waals surface area contributed by atoms with Gasteiger partial charge >= 0.3 is 5.97 Å². The zero-order chi connectivity index (χ0) is 14.8. The zero-order valence-corrected chi connectivity index (χ0v) is 12.4. The van der Waals surface area contributed by atoms with Gasteiger partial charge in [0.1, 0.15) is 0 Å². The first-order valence-corrected chi connectivity index (χ1v) is 7.06. The minimum Gasteiger partial charge on any atom is -0.481 e. The second kappa shape index (κ2) is 5.83. The van der Waals surface area contributed by atoms with E-state index in [1.165, 1.54) is 0 Å². The number of fused-ring (bicyclic) bond motifs is 1. The molecule has 4 nitrogen and oxygen atoms in total. The van der Waals surface area contributed by atoms with E-state index in [9.17, 15) is 9.90 Å². The van der Waals surface area contributed by atoms with Gasteiger partial charge in [0.05, 0.1) is 11.5 Å². The fraction of sp³-hybridized carbons (Fsp3) is 0.562. The number of carboxylic acid groups (broad SMARTS) is 1. The molecule has 1 aromatic carbocycles. The molecular weight excluding hydrogens is 254 g/mol.